The first-order valence-corrected chi connectivity index (χ1v) is 8.41. The SMILES string of the molecule is CCc1ccc(COCC(=O)[C@H](C)CCc2ccccc2)cc1. The van der Waals surface area contributed by atoms with E-state index >= 15 is 0 Å². The monoisotopic (exact) mass is 310 g/mol. The van der Waals surface area contributed by atoms with Crippen molar-refractivity contribution in [1.29, 1.82) is 0 Å². The van der Waals surface area contributed by atoms with Crippen LogP contribution < -0.4 is 0 Å². The minimum Gasteiger partial charge on any atom is -0.369 e. The van der Waals surface area contributed by atoms with Crippen LogP contribution in [0.15, 0.2) is 54.6 Å². The Labute approximate surface area is 139 Å². The van der Waals surface area contributed by atoms with Gasteiger partial charge in [0.05, 0.1) is 6.61 Å². The van der Waals surface area contributed by atoms with E-state index in [2.05, 4.69) is 43.3 Å². The molecule has 0 saturated heterocycles. The lowest BCUT2D eigenvalue weighted by atomic mass is 9.98. The predicted octanol–water partition coefficient (Wildman–Crippen LogP) is 4.60. The van der Waals surface area contributed by atoms with Gasteiger partial charge in [0.1, 0.15) is 6.61 Å². The van der Waals surface area contributed by atoms with Crippen LogP contribution in [0.5, 0.6) is 0 Å². The van der Waals surface area contributed by atoms with Gasteiger partial charge in [-0.15, -0.1) is 0 Å². The molecule has 122 valence electrons. The highest BCUT2D eigenvalue weighted by Crippen LogP contribution is 2.11. The van der Waals surface area contributed by atoms with Gasteiger partial charge in [-0.2, -0.15) is 0 Å². The molecule has 23 heavy (non-hydrogen) atoms. The van der Waals surface area contributed by atoms with Gasteiger partial charge in [-0.05, 0) is 36.0 Å². The first kappa shape index (κ1) is 17.4. The summed E-state index contributed by atoms with van der Waals surface area (Å²) in [4.78, 5) is 12.1. The molecular weight excluding hydrogens is 284 g/mol. The molecule has 0 unspecified atom stereocenters. The predicted molar refractivity (Wildman–Crippen MR) is 94.4 cm³/mol. The number of ketones is 1. The zero-order valence-corrected chi connectivity index (χ0v) is 14.1. The van der Waals surface area contributed by atoms with Crippen LogP contribution in [0.3, 0.4) is 0 Å². The first-order chi connectivity index (χ1) is 11.2. The number of hydrogen-bond acceptors (Lipinski definition) is 2. The van der Waals surface area contributed by atoms with Crippen molar-refractivity contribution in [2.45, 2.75) is 39.7 Å². The summed E-state index contributed by atoms with van der Waals surface area (Å²) >= 11 is 0. The van der Waals surface area contributed by atoms with Crippen LogP contribution >= 0.6 is 0 Å². The maximum Gasteiger partial charge on any atom is 0.161 e. The number of hydrogen-bond donors (Lipinski definition) is 0. The molecule has 0 fully saturated rings. The van der Waals surface area contributed by atoms with E-state index < -0.39 is 0 Å². The molecule has 0 aliphatic rings. The Kier molecular flexibility index (Phi) is 7.02. The van der Waals surface area contributed by atoms with Gasteiger partial charge in [0.25, 0.3) is 0 Å². The van der Waals surface area contributed by atoms with Crippen molar-refractivity contribution in [3.63, 3.8) is 0 Å². The second kappa shape index (κ2) is 9.26. The molecule has 0 bridgehead atoms. The van der Waals surface area contributed by atoms with Crippen molar-refractivity contribution in [1.82, 2.24) is 0 Å². The molecule has 2 aromatic rings. The Morgan fingerprint density at radius 1 is 0.957 bits per heavy atom. The van der Waals surface area contributed by atoms with Gasteiger partial charge in [0, 0.05) is 5.92 Å². The fourth-order valence-electron chi connectivity index (χ4n) is 2.47. The van der Waals surface area contributed by atoms with Gasteiger partial charge < -0.3 is 4.74 Å². The summed E-state index contributed by atoms with van der Waals surface area (Å²) < 4.78 is 5.58. The van der Waals surface area contributed by atoms with E-state index in [1.165, 1.54) is 11.1 Å². The Morgan fingerprint density at radius 2 is 1.61 bits per heavy atom. The molecular formula is C21H26O2. The second-order valence-electron chi connectivity index (χ2n) is 6.05. The number of Topliss-reactive ketones (excluding diaryl/α,β-unsaturated/α-hetero) is 1. The molecule has 2 nitrogen and oxygen atoms in total. The van der Waals surface area contributed by atoms with E-state index in [0.717, 1.165) is 24.8 Å². The molecule has 2 heteroatoms. The maximum absolute atomic E-state index is 12.1. The molecule has 0 saturated carbocycles. The van der Waals surface area contributed by atoms with E-state index in [1.54, 1.807) is 0 Å². The van der Waals surface area contributed by atoms with Gasteiger partial charge in [0.2, 0.25) is 0 Å². The van der Waals surface area contributed by atoms with Crippen LogP contribution in [0.25, 0.3) is 0 Å². The van der Waals surface area contributed by atoms with E-state index in [4.69, 9.17) is 4.74 Å². The molecule has 0 radical (unpaired) electrons. The van der Waals surface area contributed by atoms with Crippen molar-refractivity contribution in [3.8, 4) is 0 Å². The lowest BCUT2D eigenvalue weighted by molar-refractivity contribution is -0.127. The van der Waals surface area contributed by atoms with Gasteiger partial charge in [0.15, 0.2) is 5.78 Å². The lowest BCUT2D eigenvalue weighted by Gasteiger charge is -2.11. The highest BCUT2D eigenvalue weighted by molar-refractivity contribution is 5.81. The molecule has 1 atom stereocenters. The first-order valence-electron chi connectivity index (χ1n) is 8.41. The van der Waals surface area contributed by atoms with E-state index in [0.29, 0.717) is 6.61 Å². The molecule has 0 aliphatic heterocycles. The van der Waals surface area contributed by atoms with Crippen LogP contribution in [0.2, 0.25) is 0 Å². The topological polar surface area (TPSA) is 26.3 Å². The average molecular weight is 310 g/mol. The Morgan fingerprint density at radius 3 is 2.26 bits per heavy atom. The normalized spacial score (nSPS) is 12.1. The summed E-state index contributed by atoms with van der Waals surface area (Å²) in [6.45, 7) is 4.83. The third-order valence-electron chi connectivity index (χ3n) is 4.20. The van der Waals surface area contributed by atoms with Crippen LogP contribution in [0.1, 0.15) is 37.0 Å². The summed E-state index contributed by atoms with van der Waals surface area (Å²) in [6.07, 6.45) is 2.85. The minimum absolute atomic E-state index is 0.0395. The molecule has 0 aromatic heterocycles. The van der Waals surface area contributed by atoms with Gasteiger partial charge in [-0.1, -0.05) is 68.4 Å². The maximum atomic E-state index is 12.1. The Balaban J connectivity index is 1.69. The van der Waals surface area contributed by atoms with E-state index in [-0.39, 0.29) is 18.3 Å². The smallest absolute Gasteiger partial charge is 0.161 e. The number of aryl methyl sites for hydroxylation is 2. The van der Waals surface area contributed by atoms with E-state index in [1.807, 2.05) is 25.1 Å². The molecule has 0 N–H and O–H groups in total. The van der Waals surface area contributed by atoms with Gasteiger partial charge in [-0.25, -0.2) is 0 Å². The Hall–Kier alpha value is -1.93. The fourth-order valence-corrected chi connectivity index (χ4v) is 2.47. The molecule has 0 amide bonds. The largest absolute Gasteiger partial charge is 0.369 e. The van der Waals surface area contributed by atoms with Gasteiger partial charge >= 0.3 is 0 Å². The highest BCUT2D eigenvalue weighted by Gasteiger charge is 2.13. The third kappa shape index (κ3) is 5.99. The molecule has 0 heterocycles. The molecule has 0 aliphatic carbocycles. The van der Waals surface area contributed by atoms with Crippen molar-refractivity contribution in [3.05, 3.63) is 71.3 Å². The zero-order chi connectivity index (χ0) is 16.5. The van der Waals surface area contributed by atoms with Crippen LogP contribution in [-0.4, -0.2) is 12.4 Å². The van der Waals surface area contributed by atoms with Crippen molar-refractivity contribution >= 4 is 5.78 Å². The summed E-state index contributed by atoms with van der Waals surface area (Å²) in [5, 5.41) is 0. The molecule has 2 aromatic carbocycles. The van der Waals surface area contributed by atoms with Crippen molar-refractivity contribution in [2.75, 3.05) is 6.61 Å². The summed E-state index contributed by atoms with van der Waals surface area (Å²) in [6, 6.07) is 18.7. The van der Waals surface area contributed by atoms with Crippen molar-refractivity contribution < 1.29 is 9.53 Å². The highest BCUT2D eigenvalue weighted by atomic mass is 16.5. The molecule has 2 rings (SSSR count). The number of carbonyl (C=O) groups excluding carboxylic acids is 1. The number of ether oxygens (including phenoxy) is 1. The van der Waals surface area contributed by atoms with E-state index in [9.17, 15) is 4.79 Å². The summed E-state index contributed by atoms with van der Waals surface area (Å²) in [5.74, 6) is 0.226. The molecule has 0 spiro atoms. The summed E-state index contributed by atoms with van der Waals surface area (Å²) in [5.41, 5.74) is 3.72. The number of carbonyl (C=O) groups is 1. The second-order valence-corrected chi connectivity index (χ2v) is 6.05. The zero-order valence-electron chi connectivity index (χ0n) is 14.1. The van der Waals surface area contributed by atoms with Crippen molar-refractivity contribution in [2.24, 2.45) is 5.92 Å². The van der Waals surface area contributed by atoms with Crippen LogP contribution in [0, 0.1) is 5.92 Å². The standard InChI is InChI=1S/C21H26O2/c1-3-18-11-13-20(14-12-18)15-23-16-21(22)17(2)9-10-19-7-5-4-6-8-19/h4-8,11-14,17H,3,9-10,15-16H2,1-2H3/t17-/m1/s1. The lowest BCUT2D eigenvalue weighted by Crippen LogP contribution is -2.18. The number of rotatable bonds is 9. The quantitative estimate of drug-likeness (QED) is 0.676. The third-order valence-corrected chi connectivity index (χ3v) is 4.20. The van der Waals surface area contributed by atoms with Crippen LogP contribution in [-0.2, 0) is 29.0 Å². The fraction of sp³-hybridized carbons (Fsp3) is 0.381. The average Bonchev–Trinajstić information content (AvgIpc) is 2.61. The van der Waals surface area contributed by atoms with Gasteiger partial charge in [-0.3, -0.25) is 4.79 Å². The summed E-state index contributed by atoms with van der Waals surface area (Å²) in [7, 11) is 0. The number of benzene rings is 2. The Bertz CT molecular complexity index is 587. The van der Waals surface area contributed by atoms with Crippen LogP contribution in [0.4, 0.5) is 0 Å². The minimum atomic E-state index is 0.0395.